The second kappa shape index (κ2) is 9.69. The van der Waals surface area contributed by atoms with Crippen LogP contribution in [0.5, 0.6) is 5.75 Å². The van der Waals surface area contributed by atoms with Crippen LogP contribution in [0.25, 0.3) is 10.9 Å². The number of nitrogens with one attached hydrogen (secondary N) is 1. The van der Waals surface area contributed by atoms with Crippen molar-refractivity contribution in [3.63, 3.8) is 0 Å². The molecule has 9 heteroatoms. The highest BCUT2D eigenvalue weighted by molar-refractivity contribution is 6.05. The van der Waals surface area contributed by atoms with Gasteiger partial charge in [0, 0.05) is 17.1 Å². The lowest BCUT2D eigenvalue weighted by atomic mass is 10.1. The van der Waals surface area contributed by atoms with E-state index in [1.807, 2.05) is 36.4 Å². The van der Waals surface area contributed by atoms with Gasteiger partial charge in [0.25, 0.3) is 5.91 Å². The number of aromatic nitrogens is 2. The van der Waals surface area contributed by atoms with Crippen molar-refractivity contribution in [2.45, 2.75) is 12.6 Å². The van der Waals surface area contributed by atoms with Crippen LogP contribution in [0.2, 0.25) is 0 Å². The molecular weight excluding hydrogens is 469 g/mol. The zero-order chi connectivity index (χ0) is 25.1. The van der Waals surface area contributed by atoms with Crippen molar-refractivity contribution >= 4 is 34.0 Å². The molecule has 0 aliphatic carbocycles. The van der Waals surface area contributed by atoms with Gasteiger partial charge < -0.3 is 15.0 Å². The molecule has 0 spiro atoms. The number of carbonyl (C=O) groups excluding carboxylic acids is 1. The lowest BCUT2D eigenvalue weighted by Gasteiger charge is -2.29. The topological polar surface area (TPSA) is 67.4 Å². The van der Waals surface area contributed by atoms with E-state index in [9.17, 15) is 18.0 Å². The molecular formula is C27H21F3N4O2. The van der Waals surface area contributed by atoms with Gasteiger partial charge in [-0.25, -0.2) is 9.97 Å². The smallest absolute Gasteiger partial charge is 0.416 e. The number of anilines is 3. The summed E-state index contributed by atoms with van der Waals surface area (Å²) in [6.07, 6.45) is 0.840. The van der Waals surface area contributed by atoms with E-state index in [0.29, 0.717) is 47.7 Å². The highest BCUT2D eigenvalue weighted by Crippen LogP contribution is 2.38. The van der Waals surface area contributed by atoms with E-state index in [0.717, 1.165) is 17.7 Å². The predicted molar refractivity (Wildman–Crippen MR) is 131 cm³/mol. The van der Waals surface area contributed by atoms with Crippen LogP contribution < -0.4 is 15.0 Å². The van der Waals surface area contributed by atoms with E-state index in [-0.39, 0.29) is 11.6 Å². The first kappa shape index (κ1) is 23.3. The normalized spacial score (nSPS) is 13.5. The number of fused-ring (bicyclic) bond motifs is 2. The summed E-state index contributed by atoms with van der Waals surface area (Å²) in [5, 5.41) is 3.50. The summed E-state index contributed by atoms with van der Waals surface area (Å²) in [4.78, 5) is 23.1. The van der Waals surface area contributed by atoms with E-state index in [1.165, 1.54) is 24.5 Å². The number of benzene rings is 3. The highest BCUT2D eigenvalue weighted by atomic mass is 19.4. The van der Waals surface area contributed by atoms with E-state index in [1.54, 1.807) is 17.0 Å². The number of rotatable bonds is 5. The molecule has 0 radical (unpaired) electrons. The van der Waals surface area contributed by atoms with Crippen molar-refractivity contribution < 1.29 is 22.7 Å². The Hall–Kier alpha value is -4.40. The number of hydrogen-bond donors (Lipinski definition) is 1. The van der Waals surface area contributed by atoms with Crippen molar-refractivity contribution in [3.05, 3.63) is 96.3 Å². The summed E-state index contributed by atoms with van der Waals surface area (Å²) in [5.74, 6) is 0.626. The quantitative estimate of drug-likeness (QED) is 0.352. The number of nitrogens with zero attached hydrogens (tertiary/aromatic N) is 3. The molecule has 1 aliphatic heterocycles. The molecule has 182 valence electrons. The molecule has 3 aromatic carbocycles. The third kappa shape index (κ3) is 5.00. The maximum absolute atomic E-state index is 13.1. The lowest BCUT2D eigenvalue weighted by Crippen LogP contribution is -2.36. The predicted octanol–water partition coefficient (Wildman–Crippen LogP) is 5.92. The lowest BCUT2D eigenvalue weighted by molar-refractivity contribution is -0.137. The molecule has 1 amide bonds. The van der Waals surface area contributed by atoms with Gasteiger partial charge in [0.15, 0.2) is 0 Å². The number of amides is 1. The van der Waals surface area contributed by atoms with Gasteiger partial charge in [-0.2, -0.15) is 13.2 Å². The van der Waals surface area contributed by atoms with Gasteiger partial charge in [0.2, 0.25) is 0 Å². The Morgan fingerprint density at radius 2 is 1.89 bits per heavy atom. The van der Waals surface area contributed by atoms with E-state index in [4.69, 9.17) is 4.74 Å². The molecule has 0 atom stereocenters. The van der Waals surface area contributed by atoms with Gasteiger partial charge in [-0.1, -0.05) is 42.5 Å². The van der Waals surface area contributed by atoms with E-state index in [2.05, 4.69) is 15.3 Å². The summed E-state index contributed by atoms with van der Waals surface area (Å²) in [6.45, 7) is 0.689. The van der Waals surface area contributed by atoms with Crippen LogP contribution in [0.3, 0.4) is 0 Å². The first-order valence-corrected chi connectivity index (χ1v) is 11.3. The minimum atomic E-state index is -4.46. The van der Waals surface area contributed by atoms with Crippen LogP contribution in [0, 0.1) is 0 Å². The molecule has 1 aliphatic rings. The molecule has 1 N–H and O–H groups in total. The van der Waals surface area contributed by atoms with E-state index < -0.39 is 11.7 Å². The van der Waals surface area contributed by atoms with Gasteiger partial charge in [0.1, 0.15) is 24.5 Å². The number of halogens is 3. The third-order valence-corrected chi connectivity index (χ3v) is 5.75. The number of allylic oxidation sites excluding steroid dienone is 1. The molecule has 0 saturated heterocycles. The summed E-state index contributed by atoms with van der Waals surface area (Å²) in [6, 6.07) is 18.1. The molecule has 0 fully saturated rings. The zero-order valence-electron chi connectivity index (χ0n) is 19.0. The first-order chi connectivity index (χ1) is 17.4. The summed E-state index contributed by atoms with van der Waals surface area (Å²) >= 11 is 0. The van der Waals surface area contributed by atoms with Crippen LogP contribution in [0.15, 0.2) is 85.2 Å². The van der Waals surface area contributed by atoms with Crippen molar-refractivity contribution in [3.8, 4) is 5.75 Å². The molecule has 6 nitrogen and oxygen atoms in total. The van der Waals surface area contributed by atoms with Crippen molar-refractivity contribution in [1.82, 2.24) is 9.97 Å². The molecule has 0 unspecified atom stereocenters. The van der Waals surface area contributed by atoms with Crippen LogP contribution in [0.1, 0.15) is 11.1 Å². The van der Waals surface area contributed by atoms with Gasteiger partial charge in [-0.3, -0.25) is 4.79 Å². The van der Waals surface area contributed by atoms with Crippen molar-refractivity contribution in [2.24, 2.45) is 0 Å². The van der Waals surface area contributed by atoms with Gasteiger partial charge >= 0.3 is 6.18 Å². The molecule has 36 heavy (non-hydrogen) atoms. The fourth-order valence-electron chi connectivity index (χ4n) is 4.00. The van der Waals surface area contributed by atoms with Gasteiger partial charge in [0.05, 0.1) is 23.3 Å². The third-order valence-electron chi connectivity index (χ3n) is 5.75. The summed E-state index contributed by atoms with van der Waals surface area (Å²) < 4.78 is 45.2. The highest BCUT2D eigenvalue weighted by Gasteiger charge is 2.30. The average Bonchev–Trinajstić information content (AvgIpc) is 2.88. The Balaban J connectivity index is 1.44. The van der Waals surface area contributed by atoms with Crippen LogP contribution in [0.4, 0.5) is 30.4 Å². The Kier molecular flexibility index (Phi) is 6.28. The van der Waals surface area contributed by atoms with E-state index >= 15 is 0 Å². The molecule has 1 aromatic heterocycles. The number of alkyl halides is 3. The SMILES string of the molecule is O=C(/C=C/Cc1ccccc1)N1CCOc2cc3ncnc(Nc4cccc(C(F)(F)F)c4)c3cc21. The van der Waals surface area contributed by atoms with Gasteiger partial charge in [-0.05, 0) is 42.3 Å². The standard InChI is InChI=1S/C27H21F3N4O2/c28-27(29,30)19-9-5-10-20(14-19)33-26-21-15-23-24(16-22(21)31-17-32-26)36-13-12-34(23)25(35)11-4-8-18-6-2-1-3-7-18/h1-7,9-11,14-17H,8,12-13H2,(H,31,32,33)/b11-4+. The minimum absolute atomic E-state index is 0.195. The fourth-order valence-corrected chi connectivity index (χ4v) is 4.00. The van der Waals surface area contributed by atoms with Crippen LogP contribution in [-0.2, 0) is 17.4 Å². The zero-order valence-corrected chi connectivity index (χ0v) is 19.0. The molecule has 4 aromatic rings. The number of carbonyl (C=O) groups is 1. The fraction of sp³-hybridized carbons (Fsp3) is 0.148. The van der Waals surface area contributed by atoms with Gasteiger partial charge in [-0.15, -0.1) is 0 Å². The molecule has 5 rings (SSSR count). The second-order valence-electron chi connectivity index (χ2n) is 8.19. The summed E-state index contributed by atoms with van der Waals surface area (Å²) in [7, 11) is 0. The first-order valence-electron chi connectivity index (χ1n) is 11.3. The van der Waals surface area contributed by atoms with Crippen molar-refractivity contribution in [1.29, 1.82) is 0 Å². The average molecular weight is 490 g/mol. The Bertz CT molecular complexity index is 1440. The second-order valence-corrected chi connectivity index (χ2v) is 8.19. The maximum Gasteiger partial charge on any atom is 0.416 e. The number of ether oxygens (including phenoxy) is 1. The van der Waals surface area contributed by atoms with Crippen molar-refractivity contribution in [2.75, 3.05) is 23.4 Å². The Labute approximate surface area is 205 Å². The summed E-state index contributed by atoms with van der Waals surface area (Å²) in [5.41, 5.74) is 1.64. The van der Waals surface area contributed by atoms with Crippen LogP contribution >= 0.6 is 0 Å². The Morgan fingerprint density at radius 1 is 1.06 bits per heavy atom. The molecule has 0 bridgehead atoms. The largest absolute Gasteiger partial charge is 0.489 e. The Morgan fingerprint density at radius 3 is 2.69 bits per heavy atom. The maximum atomic E-state index is 13.1. The number of hydrogen-bond acceptors (Lipinski definition) is 5. The minimum Gasteiger partial charge on any atom is -0.489 e. The molecule has 0 saturated carbocycles. The monoisotopic (exact) mass is 490 g/mol. The van der Waals surface area contributed by atoms with Crippen LogP contribution in [-0.4, -0.2) is 29.0 Å². The molecule has 2 heterocycles.